The van der Waals surface area contributed by atoms with Crippen LogP contribution in [0.5, 0.6) is 11.5 Å². The lowest BCUT2D eigenvalue weighted by Crippen LogP contribution is -2.17. The minimum absolute atomic E-state index is 0.148. The Labute approximate surface area is 159 Å². The summed E-state index contributed by atoms with van der Waals surface area (Å²) < 4.78 is 38.3. The molecule has 1 aliphatic rings. The van der Waals surface area contributed by atoms with Crippen molar-refractivity contribution in [1.82, 2.24) is 4.98 Å². The number of hydrogen-bond acceptors (Lipinski definition) is 5. The molecule has 0 aliphatic carbocycles. The second kappa shape index (κ2) is 7.51. The first-order valence-corrected chi connectivity index (χ1v) is 8.48. The van der Waals surface area contributed by atoms with Gasteiger partial charge in [-0.2, -0.15) is 0 Å². The number of ether oxygens (including phenoxy) is 2. The van der Waals surface area contributed by atoms with Crippen LogP contribution in [0.15, 0.2) is 54.7 Å². The van der Waals surface area contributed by atoms with Crippen LogP contribution in [0.4, 0.5) is 25.8 Å². The molecule has 0 fully saturated rings. The summed E-state index contributed by atoms with van der Waals surface area (Å²) in [5, 5.41) is 5.33. The van der Waals surface area contributed by atoms with Crippen LogP contribution < -0.4 is 20.1 Å². The molecule has 8 heteroatoms. The number of amides is 1. The zero-order valence-corrected chi connectivity index (χ0v) is 14.5. The number of fused-ring (bicyclic) bond motifs is 1. The normalized spacial score (nSPS) is 12.4. The fourth-order valence-corrected chi connectivity index (χ4v) is 2.68. The summed E-state index contributed by atoms with van der Waals surface area (Å²) in [6.45, 7) is 0.933. The van der Waals surface area contributed by atoms with Gasteiger partial charge in [0, 0.05) is 11.8 Å². The van der Waals surface area contributed by atoms with E-state index >= 15 is 0 Å². The van der Waals surface area contributed by atoms with Crippen LogP contribution in [0.3, 0.4) is 0 Å². The van der Waals surface area contributed by atoms with Gasteiger partial charge in [0.05, 0.1) is 11.9 Å². The van der Waals surface area contributed by atoms with Crippen molar-refractivity contribution in [3.8, 4) is 11.5 Å². The maximum Gasteiger partial charge on any atom is 0.274 e. The number of rotatable bonds is 4. The van der Waals surface area contributed by atoms with Gasteiger partial charge in [-0.15, -0.1) is 0 Å². The number of nitrogens with one attached hydrogen (secondary N) is 2. The van der Waals surface area contributed by atoms with E-state index in [-0.39, 0.29) is 11.4 Å². The lowest BCUT2D eigenvalue weighted by Gasteiger charge is -2.19. The van der Waals surface area contributed by atoms with E-state index in [1.165, 1.54) is 24.4 Å². The Morgan fingerprint density at radius 1 is 0.929 bits per heavy atom. The molecule has 3 aromatic rings. The van der Waals surface area contributed by atoms with Gasteiger partial charge in [-0.1, -0.05) is 6.07 Å². The average molecular weight is 383 g/mol. The summed E-state index contributed by atoms with van der Waals surface area (Å²) in [6, 6.07) is 11.6. The highest BCUT2D eigenvalue weighted by atomic mass is 19.1. The number of carbonyl (C=O) groups is 1. The summed E-state index contributed by atoms with van der Waals surface area (Å²) in [6.07, 6.45) is 1.32. The van der Waals surface area contributed by atoms with Gasteiger partial charge in [0.2, 0.25) is 0 Å². The van der Waals surface area contributed by atoms with Gasteiger partial charge in [-0.25, -0.2) is 13.8 Å². The van der Waals surface area contributed by atoms with Gasteiger partial charge in [-0.05, 0) is 36.4 Å². The Morgan fingerprint density at radius 2 is 1.64 bits per heavy atom. The number of benzene rings is 2. The molecule has 1 amide bonds. The van der Waals surface area contributed by atoms with Crippen LogP contribution in [-0.4, -0.2) is 24.1 Å². The van der Waals surface area contributed by atoms with E-state index in [0.29, 0.717) is 36.1 Å². The van der Waals surface area contributed by atoms with Gasteiger partial charge < -0.3 is 20.1 Å². The van der Waals surface area contributed by atoms with Crippen LogP contribution in [0.2, 0.25) is 0 Å². The maximum atomic E-state index is 13.7. The number of carbonyl (C=O) groups excluding carboxylic acids is 1. The minimum Gasteiger partial charge on any atom is -0.486 e. The fraction of sp³-hybridized carbons (Fsp3) is 0.100. The van der Waals surface area contributed by atoms with Crippen LogP contribution in [-0.2, 0) is 0 Å². The Balaban J connectivity index is 1.45. The second-order valence-corrected chi connectivity index (χ2v) is 5.97. The smallest absolute Gasteiger partial charge is 0.274 e. The molecule has 0 spiro atoms. The van der Waals surface area contributed by atoms with Crippen molar-refractivity contribution in [2.45, 2.75) is 0 Å². The number of pyridine rings is 1. The molecule has 2 aromatic carbocycles. The quantitative estimate of drug-likeness (QED) is 0.709. The molecule has 0 saturated carbocycles. The summed E-state index contributed by atoms with van der Waals surface area (Å²) in [5.74, 6) is -0.692. The third kappa shape index (κ3) is 3.71. The highest BCUT2D eigenvalue weighted by molar-refractivity contribution is 6.03. The third-order valence-electron chi connectivity index (χ3n) is 4.03. The minimum atomic E-state index is -0.722. The summed E-state index contributed by atoms with van der Waals surface area (Å²) in [7, 11) is 0. The van der Waals surface area contributed by atoms with E-state index in [4.69, 9.17) is 9.47 Å². The van der Waals surface area contributed by atoms with Gasteiger partial charge >= 0.3 is 0 Å². The molecular formula is C20H15F2N3O3. The van der Waals surface area contributed by atoms with Crippen molar-refractivity contribution >= 4 is 23.0 Å². The highest BCUT2D eigenvalue weighted by Gasteiger charge is 2.14. The third-order valence-corrected chi connectivity index (χ3v) is 4.03. The maximum absolute atomic E-state index is 13.7. The topological polar surface area (TPSA) is 72.5 Å². The zero-order chi connectivity index (χ0) is 19.5. The lowest BCUT2D eigenvalue weighted by molar-refractivity contribution is 0.102. The molecule has 4 rings (SSSR count). The van der Waals surface area contributed by atoms with Gasteiger partial charge in [0.15, 0.2) is 11.5 Å². The molecule has 0 atom stereocenters. The Bertz CT molecular complexity index is 1010. The van der Waals surface area contributed by atoms with Crippen molar-refractivity contribution < 1.29 is 23.0 Å². The number of aromatic nitrogens is 1. The predicted molar refractivity (Wildman–Crippen MR) is 99.3 cm³/mol. The van der Waals surface area contributed by atoms with Crippen molar-refractivity contribution in [2.24, 2.45) is 0 Å². The fourth-order valence-electron chi connectivity index (χ4n) is 2.68. The molecule has 0 unspecified atom stereocenters. The molecule has 2 heterocycles. The second-order valence-electron chi connectivity index (χ2n) is 5.97. The van der Waals surface area contributed by atoms with E-state index in [0.717, 1.165) is 12.1 Å². The van der Waals surface area contributed by atoms with E-state index < -0.39 is 17.5 Å². The van der Waals surface area contributed by atoms with E-state index in [1.807, 2.05) is 0 Å². The standard InChI is InChI=1S/C20H15F2N3O3/c21-14-2-1-3-15(22)19(14)24-13-4-6-16(23-11-13)20(26)25-12-5-7-17-18(10-12)28-9-8-27-17/h1-7,10-11,24H,8-9H2,(H,25,26). The number of nitrogens with zero attached hydrogens (tertiary/aromatic N) is 1. The molecule has 1 aromatic heterocycles. The predicted octanol–water partition coefficient (Wildman–Crippen LogP) is 4.13. The summed E-state index contributed by atoms with van der Waals surface area (Å²) in [4.78, 5) is 16.4. The largest absolute Gasteiger partial charge is 0.486 e. The monoisotopic (exact) mass is 383 g/mol. The molecule has 0 saturated heterocycles. The molecule has 6 nitrogen and oxygen atoms in total. The highest BCUT2D eigenvalue weighted by Crippen LogP contribution is 2.32. The van der Waals surface area contributed by atoms with Crippen molar-refractivity contribution in [2.75, 3.05) is 23.8 Å². The summed E-state index contributed by atoms with van der Waals surface area (Å²) >= 11 is 0. The molecule has 2 N–H and O–H groups in total. The zero-order valence-electron chi connectivity index (χ0n) is 14.5. The first kappa shape index (κ1) is 17.7. The number of anilines is 3. The average Bonchev–Trinajstić information content (AvgIpc) is 2.71. The number of para-hydroxylation sites is 1. The number of hydrogen-bond donors (Lipinski definition) is 2. The molecule has 142 valence electrons. The van der Waals surface area contributed by atoms with Gasteiger partial charge in [0.1, 0.15) is 36.2 Å². The van der Waals surface area contributed by atoms with Crippen LogP contribution in [0.25, 0.3) is 0 Å². The Hall–Kier alpha value is -3.68. The van der Waals surface area contributed by atoms with Crippen LogP contribution in [0, 0.1) is 11.6 Å². The Kier molecular flexibility index (Phi) is 4.76. The molecule has 0 radical (unpaired) electrons. The van der Waals surface area contributed by atoms with Gasteiger partial charge in [-0.3, -0.25) is 4.79 Å². The van der Waals surface area contributed by atoms with E-state index in [2.05, 4.69) is 15.6 Å². The molecule has 1 aliphatic heterocycles. The molecule has 0 bridgehead atoms. The van der Waals surface area contributed by atoms with Crippen molar-refractivity contribution in [1.29, 1.82) is 0 Å². The van der Waals surface area contributed by atoms with E-state index in [9.17, 15) is 13.6 Å². The Morgan fingerprint density at radius 3 is 2.36 bits per heavy atom. The van der Waals surface area contributed by atoms with Crippen LogP contribution >= 0.6 is 0 Å². The SMILES string of the molecule is O=C(Nc1ccc2c(c1)OCCO2)c1ccc(Nc2c(F)cccc2F)cn1. The molecular weight excluding hydrogens is 368 g/mol. The van der Waals surface area contributed by atoms with Crippen molar-refractivity contribution in [3.63, 3.8) is 0 Å². The number of halogens is 2. The summed E-state index contributed by atoms with van der Waals surface area (Å²) in [5.41, 5.74) is 0.749. The first-order chi connectivity index (χ1) is 13.6. The first-order valence-electron chi connectivity index (χ1n) is 8.48. The van der Waals surface area contributed by atoms with Crippen molar-refractivity contribution in [3.05, 3.63) is 72.1 Å². The van der Waals surface area contributed by atoms with Crippen LogP contribution in [0.1, 0.15) is 10.5 Å². The van der Waals surface area contributed by atoms with Gasteiger partial charge in [0.25, 0.3) is 5.91 Å². The lowest BCUT2D eigenvalue weighted by atomic mass is 10.2. The molecule has 28 heavy (non-hydrogen) atoms. The van der Waals surface area contributed by atoms with E-state index in [1.54, 1.807) is 18.2 Å².